The van der Waals surface area contributed by atoms with E-state index in [2.05, 4.69) is 23.3 Å². The van der Waals surface area contributed by atoms with Gasteiger partial charge in [-0.05, 0) is 19.3 Å². The van der Waals surface area contributed by atoms with E-state index in [0.717, 1.165) is 0 Å². The second-order valence-electron chi connectivity index (χ2n) is 7.04. The van der Waals surface area contributed by atoms with Crippen molar-refractivity contribution in [2.45, 2.75) is 56.3 Å². The Balaban J connectivity index is 2.87. The summed E-state index contributed by atoms with van der Waals surface area (Å²) in [4.78, 5) is 71.9. The molecule has 0 spiro atoms. The Kier molecular flexibility index (Phi) is 10.2. The molecule has 1 aliphatic heterocycles. The zero-order valence-electron chi connectivity index (χ0n) is 16.7. The highest BCUT2D eigenvalue weighted by atomic mass is 32.1. The molecule has 13 nitrogen and oxygen atoms in total. The Hall–Kier alpha value is -2.87. The summed E-state index contributed by atoms with van der Waals surface area (Å²) in [6.07, 6.45) is -0.161. The molecule has 1 saturated heterocycles. The predicted molar refractivity (Wildman–Crippen MR) is 109 cm³/mol. The molecule has 174 valence electrons. The van der Waals surface area contributed by atoms with Crippen LogP contribution in [0.15, 0.2) is 0 Å². The van der Waals surface area contributed by atoms with E-state index in [-0.39, 0.29) is 31.6 Å². The third-order valence-electron chi connectivity index (χ3n) is 4.67. The Labute approximate surface area is 183 Å². The Morgan fingerprint density at radius 3 is 2.26 bits per heavy atom. The fraction of sp³-hybridized carbons (Fsp3) is 0.647. The van der Waals surface area contributed by atoms with Crippen molar-refractivity contribution in [3.63, 3.8) is 0 Å². The maximum absolute atomic E-state index is 12.7. The number of primary amides is 1. The van der Waals surface area contributed by atoms with E-state index in [1.54, 1.807) is 0 Å². The summed E-state index contributed by atoms with van der Waals surface area (Å²) in [5.41, 5.74) is 10.8. The van der Waals surface area contributed by atoms with Crippen molar-refractivity contribution in [2.75, 3.05) is 12.3 Å². The van der Waals surface area contributed by atoms with Crippen molar-refractivity contribution in [3.8, 4) is 0 Å². The fourth-order valence-corrected chi connectivity index (χ4v) is 3.29. The Bertz CT molecular complexity index is 733. The number of hydrogen-bond donors (Lipinski definition) is 7. The van der Waals surface area contributed by atoms with Crippen LogP contribution in [0.2, 0.25) is 0 Å². The minimum absolute atomic E-state index is 0.00333. The van der Waals surface area contributed by atoms with Gasteiger partial charge in [-0.15, -0.1) is 0 Å². The van der Waals surface area contributed by atoms with Gasteiger partial charge in [0.2, 0.25) is 23.6 Å². The molecule has 0 aromatic carbocycles. The van der Waals surface area contributed by atoms with E-state index in [4.69, 9.17) is 21.7 Å². The molecule has 4 unspecified atom stereocenters. The minimum atomic E-state index is -1.56. The average molecular weight is 461 g/mol. The molecule has 4 atom stereocenters. The van der Waals surface area contributed by atoms with E-state index < -0.39 is 66.2 Å². The summed E-state index contributed by atoms with van der Waals surface area (Å²) in [5, 5.41) is 22.4. The number of rotatable bonds is 12. The first-order chi connectivity index (χ1) is 14.5. The van der Waals surface area contributed by atoms with Crippen LogP contribution >= 0.6 is 12.6 Å². The standard InChI is InChI=1S/C17H27N5O8S/c18-8(3-4-12(19)23)16(28)22-5-1-2-11(22)15(27)20-9(6-13(24)25)14(26)21-10(7-31)17(29)30/h8-11,31H,1-7,18H2,(H2,19,23)(H,20,27)(H,21,26)(H,24,25)(H,29,30). The van der Waals surface area contributed by atoms with Crippen molar-refractivity contribution in [2.24, 2.45) is 11.5 Å². The molecule has 1 aliphatic rings. The zero-order valence-corrected chi connectivity index (χ0v) is 17.5. The van der Waals surface area contributed by atoms with Crippen molar-refractivity contribution in [3.05, 3.63) is 0 Å². The van der Waals surface area contributed by atoms with Crippen molar-refractivity contribution in [1.82, 2.24) is 15.5 Å². The van der Waals surface area contributed by atoms with Crippen molar-refractivity contribution in [1.29, 1.82) is 0 Å². The van der Waals surface area contributed by atoms with Gasteiger partial charge in [0.25, 0.3) is 0 Å². The van der Waals surface area contributed by atoms with Gasteiger partial charge in [-0.1, -0.05) is 0 Å². The number of carbonyl (C=O) groups is 6. The maximum atomic E-state index is 12.7. The smallest absolute Gasteiger partial charge is 0.327 e. The van der Waals surface area contributed by atoms with Crippen LogP contribution < -0.4 is 22.1 Å². The Morgan fingerprint density at radius 2 is 1.74 bits per heavy atom. The van der Waals surface area contributed by atoms with Gasteiger partial charge in [0, 0.05) is 18.7 Å². The summed E-state index contributed by atoms with van der Waals surface area (Å²) < 4.78 is 0. The lowest BCUT2D eigenvalue weighted by atomic mass is 10.1. The molecular formula is C17H27N5O8S. The van der Waals surface area contributed by atoms with Crippen LogP contribution in [-0.4, -0.2) is 87.1 Å². The number of aliphatic carboxylic acids is 2. The number of nitrogens with two attached hydrogens (primary N) is 2. The number of nitrogens with zero attached hydrogens (tertiary/aromatic N) is 1. The first kappa shape index (κ1) is 26.2. The third kappa shape index (κ3) is 8.05. The van der Waals surface area contributed by atoms with Gasteiger partial charge in [0.15, 0.2) is 0 Å². The molecule has 1 fully saturated rings. The second kappa shape index (κ2) is 12.1. The van der Waals surface area contributed by atoms with Crippen LogP contribution in [0.5, 0.6) is 0 Å². The molecule has 0 aromatic rings. The highest BCUT2D eigenvalue weighted by Crippen LogP contribution is 2.19. The number of hydrogen-bond acceptors (Lipinski definition) is 8. The van der Waals surface area contributed by atoms with Crippen LogP contribution in [0.1, 0.15) is 32.1 Å². The molecule has 14 heteroatoms. The monoisotopic (exact) mass is 461 g/mol. The predicted octanol–water partition coefficient (Wildman–Crippen LogP) is -2.97. The molecule has 0 aromatic heterocycles. The van der Waals surface area contributed by atoms with Gasteiger partial charge in [-0.2, -0.15) is 12.6 Å². The molecule has 0 bridgehead atoms. The molecule has 0 radical (unpaired) electrons. The van der Waals surface area contributed by atoms with Crippen molar-refractivity contribution < 1.29 is 39.0 Å². The molecular weight excluding hydrogens is 434 g/mol. The minimum Gasteiger partial charge on any atom is -0.481 e. The summed E-state index contributed by atoms with van der Waals surface area (Å²) in [7, 11) is 0. The van der Waals surface area contributed by atoms with Crippen LogP contribution in [-0.2, 0) is 28.8 Å². The lowest BCUT2D eigenvalue weighted by Crippen LogP contribution is -2.57. The SMILES string of the molecule is NC(=O)CCC(N)C(=O)N1CCCC1C(=O)NC(CC(=O)O)C(=O)NC(CS)C(=O)O. The van der Waals surface area contributed by atoms with Crippen LogP contribution in [0, 0.1) is 0 Å². The normalized spacial score (nSPS) is 18.5. The Morgan fingerprint density at radius 1 is 1.10 bits per heavy atom. The quantitative estimate of drug-likeness (QED) is 0.147. The van der Waals surface area contributed by atoms with Gasteiger partial charge in [0.05, 0.1) is 12.5 Å². The largest absolute Gasteiger partial charge is 0.481 e. The molecule has 31 heavy (non-hydrogen) atoms. The molecule has 4 amide bonds. The number of carbonyl (C=O) groups excluding carboxylic acids is 4. The van der Waals surface area contributed by atoms with E-state index in [9.17, 15) is 28.8 Å². The van der Waals surface area contributed by atoms with Gasteiger partial charge >= 0.3 is 11.9 Å². The lowest BCUT2D eigenvalue weighted by molar-refractivity contribution is -0.144. The number of likely N-dealkylation sites (tertiary alicyclic amines) is 1. The first-order valence-electron chi connectivity index (χ1n) is 9.48. The van der Waals surface area contributed by atoms with E-state index in [1.807, 2.05) is 0 Å². The van der Waals surface area contributed by atoms with Gasteiger partial charge in [-0.25, -0.2) is 4.79 Å². The molecule has 0 aliphatic carbocycles. The second-order valence-corrected chi connectivity index (χ2v) is 7.41. The summed E-state index contributed by atoms with van der Waals surface area (Å²) in [5.74, 6) is -5.99. The van der Waals surface area contributed by atoms with Crippen molar-refractivity contribution >= 4 is 48.2 Å². The lowest BCUT2D eigenvalue weighted by Gasteiger charge is -2.28. The third-order valence-corrected chi connectivity index (χ3v) is 5.03. The summed E-state index contributed by atoms with van der Waals surface area (Å²) in [6.45, 7) is 0.220. The van der Waals surface area contributed by atoms with Crippen LogP contribution in [0.3, 0.4) is 0 Å². The number of carboxylic acids is 2. The maximum Gasteiger partial charge on any atom is 0.327 e. The molecule has 1 rings (SSSR count). The molecule has 1 heterocycles. The van der Waals surface area contributed by atoms with Gasteiger partial charge in [0.1, 0.15) is 18.1 Å². The van der Waals surface area contributed by atoms with E-state index in [1.165, 1.54) is 4.90 Å². The number of nitrogens with one attached hydrogen (secondary N) is 2. The van der Waals surface area contributed by atoms with Gasteiger partial charge in [-0.3, -0.25) is 24.0 Å². The number of amides is 4. The average Bonchev–Trinajstić information content (AvgIpc) is 3.18. The summed E-state index contributed by atoms with van der Waals surface area (Å²) >= 11 is 3.81. The molecule has 8 N–H and O–H groups in total. The highest BCUT2D eigenvalue weighted by Gasteiger charge is 2.38. The van der Waals surface area contributed by atoms with Gasteiger partial charge < -0.3 is 37.2 Å². The zero-order chi connectivity index (χ0) is 23.7. The highest BCUT2D eigenvalue weighted by molar-refractivity contribution is 7.80. The van der Waals surface area contributed by atoms with E-state index in [0.29, 0.717) is 6.42 Å². The fourth-order valence-electron chi connectivity index (χ4n) is 3.05. The topological polar surface area (TPSA) is 222 Å². The molecule has 0 saturated carbocycles. The number of thiol groups is 1. The van der Waals surface area contributed by atoms with Crippen LogP contribution in [0.4, 0.5) is 0 Å². The first-order valence-corrected chi connectivity index (χ1v) is 10.1. The van der Waals surface area contributed by atoms with Crippen LogP contribution in [0.25, 0.3) is 0 Å². The van der Waals surface area contributed by atoms with E-state index >= 15 is 0 Å². The number of carboxylic acid groups (broad SMARTS) is 2. The summed E-state index contributed by atoms with van der Waals surface area (Å²) in [6, 6.07) is -4.98.